The van der Waals surface area contributed by atoms with Gasteiger partial charge in [-0.15, -0.1) is 0 Å². The van der Waals surface area contributed by atoms with Crippen molar-refractivity contribution in [1.29, 1.82) is 5.26 Å². The second-order valence-electron chi connectivity index (χ2n) is 3.06. The van der Waals surface area contributed by atoms with Gasteiger partial charge in [-0.2, -0.15) is 5.26 Å². The van der Waals surface area contributed by atoms with Gasteiger partial charge in [0.2, 0.25) is 10.0 Å². The van der Waals surface area contributed by atoms with Gasteiger partial charge in [0.05, 0.1) is 22.3 Å². The summed E-state index contributed by atoms with van der Waals surface area (Å²) in [5.41, 5.74) is 0.308. The molecule has 0 saturated carbocycles. The number of halogens is 1. The van der Waals surface area contributed by atoms with E-state index in [2.05, 4.69) is 0 Å². The van der Waals surface area contributed by atoms with Gasteiger partial charge in [-0.25, -0.2) is 8.42 Å². The van der Waals surface area contributed by atoms with Crippen molar-refractivity contribution in [2.45, 2.75) is 0 Å². The van der Waals surface area contributed by atoms with Crippen LogP contribution in [-0.4, -0.2) is 25.2 Å². The number of carboxylic acids is 1. The lowest BCUT2D eigenvalue weighted by atomic mass is 10.2. The lowest BCUT2D eigenvalue weighted by molar-refractivity contribution is -0.134. The molecular weight excluding hydrogens is 268 g/mol. The third kappa shape index (κ3) is 3.94. The third-order valence-electron chi connectivity index (χ3n) is 1.68. The van der Waals surface area contributed by atoms with Gasteiger partial charge in [-0.1, -0.05) is 11.6 Å². The molecule has 8 heteroatoms. The van der Waals surface area contributed by atoms with Gasteiger partial charge in [0, 0.05) is 0 Å². The zero-order valence-corrected chi connectivity index (χ0v) is 9.92. The molecule has 0 atom stereocenters. The van der Waals surface area contributed by atoms with Crippen LogP contribution in [0.25, 0.3) is 0 Å². The highest BCUT2D eigenvalue weighted by atomic mass is 35.5. The maximum atomic E-state index is 11.3. The van der Waals surface area contributed by atoms with E-state index in [0.29, 0.717) is 0 Å². The minimum atomic E-state index is -3.99. The Kier molecular flexibility index (Phi) is 3.93. The smallest absolute Gasteiger partial charge is 0.320 e. The van der Waals surface area contributed by atoms with Crippen LogP contribution in [0.15, 0.2) is 18.2 Å². The van der Waals surface area contributed by atoms with Gasteiger partial charge in [-0.05, 0) is 18.2 Å². The molecule has 1 aromatic carbocycles. The summed E-state index contributed by atoms with van der Waals surface area (Å²) in [5, 5.41) is 17.0. The summed E-state index contributed by atoms with van der Waals surface area (Å²) in [4.78, 5) is 10.3. The fourth-order valence-electron chi connectivity index (χ4n) is 1.03. The van der Waals surface area contributed by atoms with Crippen LogP contribution in [0.2, 0.25) is 5.02 Å². The SMILES string of the molecule is N#Cc1ccc(NS(=O)(=O)CC(=O)O)c(Cl)c1. The van der Waals surface area contributed by atoms with Crippen LogP contribution >= 0.6 is 11.6 Å². The van der Waals surface area contributed by atoms with E-state index in [-0.39, 0.29) is 16.3 Å². The van der Waals surface area contributed by atoms with E-state index in [1.165, 1.54) is 18.2 Å². The Labute approximate surface area is 102 Å². The molecule has 1 rings (SSSR count). The number of sulfonamides is 1. The number of carboxylic acid groups (broad SMARTS) is 1. The van der Waals surface area contributed by atoms with Gasteiger partial charge < -0.3 is 5.11 Å². The Hall–Kier alpha value is -1.78. The summed E-state index contributed by atoms with van der Waals surface area (Å²) < 4.78 is 24.6. The number of aliphatic carboxylic acids is 1. The molecule has 0 unspecified atom stereocenters. The van der Waals surface area contributed by atoms with E-state index in [1.807, 2.05) is 10.8 Å². The van der Waals surface area contributed by atoms with Crippen LogP contribution in [0.4, 0.5) is 5.69 Å². The molecule has 0 radical (unpaired) electrons. The van der Waals surface area contributed by atoms with E-state index in [1.54, 1.807) is 0 Å². The van der Waals surface area contributed by atoms with Crippen LogP contribution in [0.3, 0.4) is 0 Å². The Balaban J connectivity index is 2.97. The maximum Gasteiger partial charge on any atom is 0.320 e. The molecule has 0 aliphatic heterocycles. The molecule has 0 aromatic heterocycles. The predicted molar refractivity (Wildman–Crippen MR) is 61.2 cm³/mol. The highest BCUT2D eigenvalue weighted by molar-refractivity contribution is 7.93. The quantitative estimate of drug-likeness (QED) is 0.853. The van der Waals surface area contributed by atoms with Gasteiger partial charge in [0.1, 0.15) is 0 Å². The molecule has 0 aliphatic rings. The number of nitriles is 1. The van der Waals surface area contributed by atoms with Gasteiger partial charge >= 0.3 is 5.97 Å². The van der Waals surface area contributed by atoms with Crippen LogP contribution in [0.1, 0.15) is 5.56 Å². The number of nitrogens with zero attached hydrogens (tertiary/aromatic N) is 1. The van der Waals surface area contributed by atoms with E-state index in [0.717, 1.165) is 0 Å². The molecule has 0 spiro atoms. The zero-order chi connectivity index (χ0) is 13.1. The first-order chi connectivity index (χ1) is 7.84. The molecule has 17 heavy (non-hydrogen) atoms. The topological polar surface area (TPSA) is 107 Å². The normalized spacial score (nSPS) is 10.6. The molecule has 0 aliphatic carbocycles. The molecule has 0 bridgehead atoms. The average Bonchev–Trinajstić information content (AvgIpc) is 2.18. The first-order valence-electron chi connectivity index (χ1n) is 4.26. The van der Waals surface area contributed by atoms with Crippen molar-refractivity contribution in [2.24, 2.45) is 0 Å². The molecule has 0 saturated heterocycles. The van der Waals surface area contributed by atoms with Gasteiger partial charge in [-0.3, -0.25) is 9.52 Å². The van der Waals surface area contributed by atoms with E-state index in [4.69, 9.17) is 22.0 Å². The van der Waals surface area contributed by atoms with Gasteiger partial charge in [0.25, 0.3) is 0 Å². The standard InChI is InChI=1S/C9H7ClN2O4S/c10-7-3-6(4-11)1-2-8(7)12-17(15,16)5-9(13)14/h1-3,12H,5H2,(H,13,14). The molecule has 1 aromatic rings. The monoisotopic (exact) mass is 274 g/mol. The van der Waals surface area contributed by atoms with E-state index < -0.39 is 21.7 Å². The van der Waals surface area contributed by atoms with Crippen molar-refractivity contribution >= 4 is 33.3 Å². The van der Waals surface area contributed by atoms with Crippen LogP contribution in [0.5, 0.6) is 0 Å². The molecule has 0 amide bonds. The Morgan fingerprint density at radius 2 is 2.18 bits per heavy atom. The number of nitrogens with one attached hydrogen (secondary N) is 1. The van der Waals surface area contributed by atoms with Crippen molar-refractivity contribution in [3.8, 4) is 6.07 Å². The van der Waals surface area contributed by atoms with Crippen molar-refractivity contribution in [2.75, 3.05) is 10.5 Å². The summed E-state index contributed by atoms with van der Waals surface area (Å²) in [6.45, 7) is 0. The lowest BCUT2D eigenvalue weighted by Crippen LogP contribution is -2.22. The summed E-state index contributed by atoms with van der Waals surface area (Å²) >= 11 is 5.73. The van der Waals surface area contributed by atoms with Crippen molar-refractivity contribution < 1.29 is 18.3 Å². The Morgan fingerprint density at radius 1 is 1.53 bits per heavy atom. The lowest BCUT2D eigenvalue weighted by Gasteiger charge is -2.07. The van der Waals surface area contributed by atoms with E-state index in [9.17, 15) is 13.2 Å². The van der Waals surface area contributed by atoms with Crippen molar-refractivity contribution in [3.05, 3.63) is 28.8 Å². The van der Waals surface area contributed by atoms with Gasteiger partial charge in [0.15, 0.2) is 5.75 Å². The fourth-order valence-corrected chi connectivity index (χ4v) is 2.23. The molecule has 90 valence electrons. The number of hydrogen-bond donors (Lipinski definition) is 2. The van der Waals surface area contributed by atoms with E-state index >= 15 is 0 Å². The molecular formula is C9H7ClN2O4S. The summed E-state index contributed by atoms with van der Waals surface area (Å²) in [6.07, 6.45) is 0. The maximum absolute atomic E-state index is 11.3. The molecule has 0 fully saturated rings. The molecule has 2 N–H and O–H groups in total. The second-order valence-corrected chi connectivity index (χ2v) is 5.19. The van der Waals surface area contributed by atoms with Crippen LogP contribution < -0.4 is 4.72 Å². The van der Waals surface area contributed by atoms with Crippen LogP contribution in [-0.2, 0) is 14.8 Å². The number of rotatable bonds is 4. The number of anilines is 1. The largest absolute Gasteiger partial charge is 0.480 e. The highest BCUT2D eigenvalue weighted by Crippen LogP contribution is 2.23. The number of carbonyl (C=O) groups is 1. The Bertz CT molecular complexity index is 592. The number of benzene rings is 1. The summed E-state index contributed by atoms with van der Waals surface area (Å²) in [6, 6.07) is 5.77. The molecule has 0 heterocycles. The summed E-state index contributed by atoms with van der Waals surface area (Å²) in [7, 11) is -3.99. The van der Waals surface area contributed by atoms with Crippen molar-refractivity contribution in [1.82, 2.24) is 0 Å². The van der Waals surface area contributed by atoms with Crippen molar-refractivity contribution in [3.63, 3.8) is 0 Å². The Morgan fingerprint density at radius 3 is 2.65 bits per heavy atom. The second kappa shape index (κ2) is 5.03. The minimum absolute atomic E-state index is 0.0259. The fraction of sp³-hybridized carbons (Fsp3) is 0.111. The predicted octanol–water partition coefficient (Wildman–Crippen LogP) is 1.04. The average molecular weight is 275 g/mol. The zero-order valence-electron chi connectivity index (χ0n) is 8.34. The minimum Gasteiger partial charge on any atom is -0.480 e. The third-order valence-corrected chi connectivity index (χ3v) is 3.15. The summed E-state index contributed by atoms with van der Waals surface area (Å²) in [5.74, 6) is -2.52. The molecule has 6 nitrogen and oxygen atoms in total. The highest BCUT2D eigenvalue weighted by Gasteiger charge is 2.16. The number of hydrogen-bond acceptors (Lipinski definition) is 4. The van der Waals surface area contributed by atoms with Crippen LogP contribution in [0, 0.1) is 11.3 Å². The first-order valence-corrected chi connectivity index (χ1v) is 6.29. The first kappa shape index (κ1) is 13.3.